The van der Waals surface area contributed by atoms with Crippen molar-refractivity contribution < 1.29 is 61.4 Å². The number of rotatable bonds is 7. The summed E-state index contributed by atoms with van der Waals surface area (Å²) in [6.45, 7) is 1.01. The van der Waals surface area contributed by atoms with Gasteiger partial charge in [0.2, 0.25) is 6.23 Å². The number of aliphatic hydroxyl groups excluding tert-OH is 1. The summed E-state index contributed by atoms with van der Waals surface area (Å²) in [5, 5.41) is 20.5. The van der Waals surface area contributed by atoms with Crippen LogP contribution >= 0.6 is 23.5 Å². The van der Waals surface area contributed by atoms with Crippen LogP contribution in [-0.4, -0.2) is 51.0 Å². The van der Waals surface area contributed by atoms with Crippen LogP contribution in [0.5, 0.6) is 0 Å². The molecule has 0 aliphatic carbocycles. The first-order chi connectivity index (χ1) is 13.4. The molecule has 1 aromatic rings. The van der Waals surface area contributed by atoms with Crippen molar-refractivity contribution in [3.8, 4) is 0 Å². The molecule has 0 radical (unpaired) electrons. The van der Waals surface area contributed by atoms with E-state index in [9.17, 15) is 38.4 Å². The Hall–Kier alpha value is -1.61. The van der Waals surface area contributed by atoms with E-state index in [4.69, 9.17) is 19.4 Å². The molecule has 0 spiro atoms. The first-order valence-electron chi connectivity index (χ1n) is 7.34. The van der Waals surface area contributed by atoms with E-state index in [0.29, 0.717) is 4.57 Å². The first kappa shape index (κ1) is 24.7. The molecule has 0 aromatic carbocycles. The monoisotopic (exact) mass is 496 g/mol. The molecular formula is C10H15N2O15P3. The standard InChI is InChI=1S/C10H15N2O15P3/c1-10(16)7(14)5(25-8(10)12-3-2-6(13)11-9(12)15)4-24-29(20,21)27-30(22,23)26-28(17,18)19/h2-4,7-8,14,16H,1H3,(H,20,21)(H,22,23)(H,11,13,15)(H2,17,18,19)/b5-4+/t7-,8-,10-/m1/s1. The van der Waals surface area contributed by atoms with Gasteiger partial charge in [-0.05, 0) is 6.92 Å². The van der Waals surface area contributed by atoms with E-state index in [-0.39, 0.29) is 6.26 Å². The second-order valence-electron chi connectivity index (χ2n) is 5.83. The molecule has 1 aromatic heterocycles. The van der Waals surface area contributed by atoms with Gasteiger partial charge >= 0.3 is 29.2 Å². The minimum absolute atomic E-state index is 0.189. The van der Waals surface area contributed by atoms with Gasteiger partial charge in [0.05, 0.1) is 0 Å². The Balaban J connectivity index is 2.24. The van der Waals surface area contributed by atoms with Crippen LogP contribution in [0.1, 0.15) is 13.2 Å². The number of hydrogen-bond acceptors (Lipinski definition) is 11. The zero-order valence-electron chi connectivity index (χ0n) is 14.5. The summed E-state index contributed by atoms with van der Waals surface area (Å²) in [5.41, 5.74) is -4.04. The van der Waals surface area contributed by atoms with Gasteiger partial charge in [0.15, 0.2) is 11.4 Å². The normalized spacial score (nSPS) is 29.8. The number of H-pyrrole nitrogens is 1. The van der Waals surface area contributed by atoms with Crippen LogP contribution in [-0.2, 0) is 31.6 Å². The van der Waals surface area contributed by atoms with Crippen LogP contribution in [0.2, 0.25) is 0 Å². The maximum absolute atomic E-state index is 11.9. The number of phosphoric acid groups is 3. The second kappa shape index (κ2) is 8.15. The molecule has 0 amide bonds. The molecule has 0 bridgehead atoms. The average Bonchev–Trinajstić information content (AvgIpc) is 2.73. The lowest BCUT2D eigenvalue weighted by Gasteiger charge is -2.25. The number of aromatic nitrogens is 2. The fourth-order valence-electron chi connectivity index (χ4n) is 2.20. The van der Waals surface area contributed by atoms with E-state index in [1.54, 1.807) is 0 Å². The van der Waals surface area contributed by atoms with Gasteiger partial charge in [-0.2, -0.15) is 8.62 Å². The molecule has 1 fully saturated rings. The van der Waals surface area contributed by atoms with Gasteiger partial charge in [0, 0.05) is 12.3 Å². The predicted octanol–water partition coefficient (Wildman–Crippen LogP) is -1.64. The summed E-state index contributed by atoms with van der Waals surface area (Å²) < 4.78 is 50.5. The van der Waals surface area contributed by atoms with Crippen LogP contribution in [0.3, 0.4) is 0 Å². The molecule has 17 nitrogen and oxygen atoms in total. The van der Waals surface area contributed by atoms with E-state index in [1.807, 2.05) is 4.98 Å². The van der Waals surface area contributed by atoms with Crippen molar-refractivity contribution in [3.63, 3.8) is 0 Å². The molecule has 1 aliphatic rings. The van der Waals surface area contributed by atoms with Gasteiger partial charge in [-0.15, -0.1) is 0 Å². The number of phosphoric ester groups is 1. The quantitative estimate of drug-likeness (QED) is 0.165. The zero-order chi connectivity index (χ0) is 23.1. The lowest BCUT2D eigenvalue weighted by atomic mass is 9.99. The third-order valence-corrected chi connectivity index (χ3v) is 7.09. The van der Waals surface area contributed by atoms with Crippen LogP contribution in [0, 0.1) is 0 Å². The van der Waals surface area contributed by atoms with Gasteiger partial charge in [-0.25, -0.2) is 18.5 Å². The highest BCUT2D eigenvalue weighted by molar-refractivity contribution is 7.66. The van der Waals surface area contributed by atoms with Crippen molar-refractivity contribution in [3.05, 3.63) is 45.1 Å². The van der Waals surface area contributed by atoms with Crippen molar-refractivity contribution in [1.82, 2.24) is 9.55 Å². The molecule has 170 valence electrons. The highest BCUT2D eigenvalue weighted by Crippen LogP contribution is 2.66. The molecule has 5 atom stereocenters. The van der Waals surface area contributed by atoms with E-state index >= 15 is 0 Å². The molecule has 2 unspecified atom stereocenters. The predicted molar refractivity (Wildman–Crippen MR) is 91.1 cm³/mol. The third kappa shape index (κ3) is 5.97. The van der Waals surface area contributed by atoms with Crippen LogP contribution < -0.4 is 11.2 Å². The number of ether oxygens (including phenoxy) is 1. The number of aromatic amines is 1. The average molecular weight is 496 g/mol. The Labute approximate surface area is 165 Å². The molecule has 2 heterocycles. The molecule has 1 saturated heterocycles. The Morgan fingerprint density at radius 1 is 1.17 bits per heavy atom. The Kier molecular flexibility index (Phi) is 6.70. The maximum Gasteiger partial charge on any atom is 0.535 e. The molecular weight excluding hydrogens is 481 g/mol. The van der Waals surface area contributed by atoms with Crippen molar-refractivity contribution in [2.75, 3.05) is 0 Å². The number of nitrogens with zero attached hydrogens (tertiary/aromatic N) is 1. The Bertz CT molecular complexity index is 1100. The van der Waals surface area contributed by atoms with Crippen LogP contribution in [0.4, 0.5) is 0 Å². The first-order valence-corrected chi connectivity index (χ1v) is 11.9. The smallest absolute Gasteiger partial charge is 0.465 e. The van der Waals surface area contributed by atoms with Crippen molar-refractivity contribution in [2.45, 2.75) is 24.9 Å². The van der Waals surface area contributed by atoms with E-state index < -0.39 is 58.4 Å². The van der Waals surface area contributed by atoms with Crippen molar-refractivity contribution >= 4 is 23.5 Å². The molecule has 20 heteroatoms. The van der Waals surface area contributed by atoms with Gasteiger partial charge in [0.25, 0.3) is 5.56 Å². The van der Waals surface area contributed by atoms with E-state index in [2.05, 4.69) is 13.1 Å². The number of hydrogen-bond donors (Lipinski definition) is 7. The summed E-state index contributed by atoms with van der Waals surface area (Å²) in [4.78, 5) is 60.2. The van der Waals surface area contributed by atoms with Crippen molar-refractivity contribution in [1.29, 1.82) is 0 Å². The maximum atomic E-state index is 11.9. The van der Waals surface area contributed by atoms with E-state index in [0.717, 1.165) is 19.2 Å². The van der Waals surface area contributed by atoms with Gasteiger partial charge < -0.3 is 34.2 Å². The van der Waals surface area contributed by atoms with Crippen LogP contribution in [0.25, 0.3) is 0 Å². The molecule has 1 aliphatic heterocycles. The summed E-state index contributed by atoms with van der Waals surface area (Å²) in [6.07, 6.45) is -2.52. The summed E-state index contributed by atoms with van der Waals surface area (Å²) >= 11 is 0. The fourth-order valence-corrected chi connectivity index (χ4v) is 5.09. The SMILES string of the molecule is C[C@@]1(O)[C@H](O)/C(=C\OP(=O)(O)OP(=O)(O)OP(=O)(O)O)O[C@H]1n1ccc(=O)[nH]c1=O. The Morgan fingerprint density at radius 2 is 1.77 bits per heavy atom. The topological polar surface area (TPSA) is 264 Å². The largest absolute Gasteiger partial charge is 0.535 e. The summed E-state index contributed by atoms with van der Waals surface area (Å²) in [7, 11) is -16.9. The number of aliphatic hydroxyl groups is 2. The summed E-state index contributed by atoms with van der Waals surface area (Å²) in [6, 6.07) is 0.904. The molecule has 7 N–H and O–H groups in total. The zero-order valence-corrected chi connectivity index (χ0v) is 17.2. The molecule has 30 heavy (non-hydrogen) atoms. The molecule has 0 saturated carbocycles. The minimum atomic E-state index is -5.77. The fraction of sp³-hybridized carbons (Fsp3) is 0.400. The highest BCUT2D eigenvalue weighted by atomic mass is 31.3. The Morgan fingerprint density at radius 3 is 2.30 bits per heavy atom. The second-order valence-corrected chi connectivity index (χ2v) is 10.2. The van der Waals surface area contributed by atoms with E-state index in [1.165, 1.54) is 0 Å². The van der Waals surface area contributed by atoms with Crippen LogP contribution in [0.15, 0.2) is 33.9 Å². The van der Waals surface area contributed by atoms with Gasteiger partial charge in [-0.3, -0.25) is 19.2 Å². The number of nitrogens with one attached hydrogen (secondary N) is 1. The lowest BCUT2D eigenvalue weighted by molar-refractivity contribution is -0.0950. The summed E-state index contributed by atoms with van der Waals surface area (Å²) in [5.74, 6) is -0.760. The van der Waals surface area contributed by atoms with Gasteiger partial charge in [0.1, 0.15) is 12.4 Å². The van der Waals surface area contributed by atoms with Gasteiger partial charge in [-0.1, -0.05) is 0 Å². The minimum Gasteiger partial charge on any atom is -0.465 e. The lowest BCUT2D eigenvalue weighted by Crippen LogP contribution is -2.45. The third-order valence-electron chi connectivity index (χ3n) is 3.39. The van der Waals surface area contributed by atoms with Crippen molar-refractivity contribution in [2.24, 2.45) is 0 Å². The highest BCUT2D eigenvalue weighted by Gasteiger charge is 2.52. The molecule has 2 rings (SSSR count).